The molecule has 1 saturated carbocycles. The lowest BCUT2D eigenvalue weighted by Gasteiger charge is -2.16. The zero-order chi connectivity index (χ0) is 14.2. The molecule has 1 aliphatic carbocycles. The first kappa shape index (κ1) is 14.0. The quantitative estimate of drug-likeness (QED) is 0.839. The number of hydrogen-bond donors (Lipinski definition) is 2. The van der Waals surface area contributed by atoms with E-state index in [1.54, 1.807) is 24.3 Å². The van der Waals surface area contributed by atoms with E-state index in [2.05, 4.69) is 9.62 Å². The normalized spacial score (nSPS) is 24.1. The van der Waals surface area contributed by atoms with Gasteiger partial charge in [-0.1, -0.05) is 18.2 Å². The summed E-state index contributed by atoms with van der Waals surface area (Å²) in [5, 5.41) is 9.27. The van der Waals surface area contributed by atoms with Crippen LogP contribution in [0.4, 0.5) is 0 Å². The van der Waals surface area contributed by atoms with Gasteiger partial charge >= 0.3 is 0 Å². The van der Waals surface area contributed by atoms with Crippen LogP contribution in [0.5, 0.6) is 0 Å². The first-order chi connectivity index (χ1) is 9.60. The summed E-state index contributed by atoms with van der Waals surface area (Å²) in [5.74, 6) is 0. The Hall–Kier alpha value is -0.950. The van der Waals surface area contributed by atoms with E-state index in [0.29, 0.717) is 11.6 Å². The summed E-state index contributed by atoms with van der Waals surface area (Å²) in [6.45, 7) is 1.50. The Morgan fingerprint density at radius 1 is 1.25 bits per heavy atom. The van der Waals surface area contributed by atoms with Crippen LogP contribution < -0.4 is 4.72 Å². The van der Waals surface area contributed by atoms with Gasteiger partial charge in [-0.15, -0.1) is 0 Å². The summed E-state index contributed by atoms with van der Waals surface area (Å²) in [5.41, 5.74) is 0.442. The van der Waals surface area contributed by atoms with Crippen molar-refractivity contribution in [2.24, 2.45) is 0 Å². The predicted molar refractivity (Wildman–Crippen MR) is 75.7 cm³/mol. The number of aliphatic hydroxyl groups is 1. The number of nitrogens with one attached hydrogen (secondary N) is 1. The smallest absolute Gasteiger partial charge is 0.241 e. The Morgan fingerprint density at radius 2 is 2.00 bits per heavy atom. The van der Waals surface area contributed by atoms with E-state index in [-0.39, 0.29) is 17.5 Å². The minimum atomic E-state index is -3.55. The van der Waals surface area contributed by atoms with Crippen LogP contribution in [0, 0.1) is 0 Å². The second-order valence-corrected chi connectivity index (χ2v) is 7.28. The molecule has 1 atom stereocenters. The van der Waals surface area contributed by atoms with Gasteiger partial charge in [-0.3, -0.25) is 4.90 Å². The van der Waals surface area contributed by atoms with E-state index in [1.165, 1.54) is 12.8 Å². The van der Waals surface area contributed by atoms with Crippen LogP contribution in [-0.4, -0.2) is 43.6 Å². The lowest BCUT2D eigenvalue weighted by molar-refractivity contribution is 0.278. The fourth-order valence-corrected chi connectivity index (χ4v) is 4.33. The van der Waals surface area contributed by atoms with Crippen molar-refractivity contribution in [3.05, 3.63) is 29.8 Å². The van der Waals surface area contributed by atoms with Crippen LogP contribution in [-0.2, 0) is 16.6 Å². The zero-order valence-corrected chi connectivity index (χ0v) is 12.1. The monoisotopic (exact) mass is 296 g/mol. The van der Waals surface area contributed by atoms with E-state index < -0.39 is 10.0 Å². The third-order valence-electron chi connectivity index (χ3n) is 4.04. The van der Waals surface area contributed by atoms with E-state index in [0.717, 1.165) is 19.5 Å². The van der Waals surface area contributed by atoms with Gasteiger partial charge in [-0.2, -0.15) is 0 Å². The fraction of sp³-hybridized carbons (Fsp3) is 0.571. The Morgan fingerprint density at radius 3 is 2.70 bits per heavy atom. The average molecular weight is 296 g/mol. The number of sulfonamides is 1. The second kappa shape index (κ2) is 5.44. The molecular formula is C14H20N2O3S. The Labute approximate surface area is 119 Å². The topological polar surface area (TPSA) is 69.6 Å². The average Bonchev–Trinajstić information content (AvgIpc) is 3.20. The molecule has 2 fully saturated rings. The van der Waals surface area contributed by atoms with E-state index in [1.807, 2.05) is 0 Å². The highest BCUT2D eigenvalue weighted by molar-refractivity contribution is 7.89. The van der Waals surface area contributed by atoms with Gasteiger partial charge in [0.05, 0.1) is 11.5 Å². The van der Waals surface area contributed by atoms with Crippen LogP contribution in [0.2, 0.25) is 0 Å². The first-order valence-corrected chi connectivity index (χ1v) is 8.53. The molecule has 3 rings (SSSR count). The van der Waals surface area contributed by atoms with Gasteiger partial charge in [0, 0.05) is 25.2 Å². The molecule has 1 unspecified atom stereocenters. The summed E-state index contributed by atoms with van der Waals surface area (Å²) < 4.78 is 27.6. The summed E-state index contributed by atoms with van der Waals surface area (Å²) in [4.78, 5) is 2.55. The van der Waals surface area contributed by atoms with Crippen molar-refractivity contribution >= 4 is 10.0 Å². The molecule has 110 valence electrons. The molecule has 6 heteroatoms. The summed E-state index contributed by atoms with van der Waals surface area (Å²) >= 11 is 0. The molecule has 1 aromatic carbocycles. The van der Waals surface area contributed by atoms with Crippen LogP contribution in [0.3, 0.4) is 0 Å². The molecule has 1 aliphatic heterocycles. The van der Waals surface area contributed by atoms with Crippen molar-refractivity contribution in [2.75, 3.05) is 13.1 Å². The van der Waals surface area contributed by atoms with Crippen molar-refractivity contribution in [2.45, 2.75) is 42.8 Å². The van der Waals surface area contributed by atoms with Gasteiger partial charge in [0.1, 0.15) is 0 Å². The summed E-state index contributed by atoms with van der Waals surface area (Å²) in [7, 11) is -3.55. The fourth-order valence-electron chi connectivity index (χ4n) is 2.83. The second-order valence-electron chi connectivity index (χ2n) is 5.60. The van der Waals surface area contributed by atoms with E-state index in [9.17, 15) is 13.5 Å². The molecule has 2 N–H and O–H groups in total. The molecule has 0 radical (unpaired) electrons. The maximum atomic E-state index is 12.4. The molecule has 0 aromatic heterocycles. The highest BCUT2D eigenvalue weighted by Gasteiger charge is 2.36. The number of hydrogen-bond acceptors (Lipinski definition) is 4. The van der Waals surface area contributed by atoms with Gasteiger partial charge in [-0.05, 0) is 30.9 Å². The molecule has 2 aliphatic rings. The highest BCUT2D eigenvalue weighted by atomic mass is 32.2. The van der Waals surface area contributed by atoms with Crippen molar-refractivity contribution < 1.29 is 13.5 Å². The summed E-state index contributed by atoms with van der Waals surface area (Å²) in [6, 6.07) is 7.25. The van der Waals surface area contributed by atoms with Crippen LogP contribution in [0.15, 0.2) is 29.2 Å². The highest BCUT2D eigenvalue weighted by Crippen LogP contribution is 2.30. The van der Waals surface area contributed by atoms with Crippen LogP contribution in [0.25, 0.3) is 0 Å². The minimum absolute atomic E-state index is 0.0210. The van der Waals surface area contributed by atoms with Crippen molar-refractivity contribution in [3.63, 3.8) is 0 Å². The Balaban J connectivity index is 1.72. The first-order valence-electron chi connectivity index (χ1n) is 7.05. The Bertz CT molecular complexity index is 584. The van der Waals surface area contributed by atoms with E-state index >= 15 is 0 Å². The Kier molecular flexibility index (Phi) is 3.81. The third kappa shape index (κ3) is 2.88. The largest absolute Gasteiger partial charge is 0.392 e. The maximum absolute atomic E-state index is 12.4. The van der Waals surface area contributed by atoms with Gasteiger partial charge in [0.2, 0.25) is 10.0 Å². The van der Waals surface area contributed by atoms with E-state index in [4.69, 9.17) is 0 Å². The van der Waals surface area contributed by atoms with Crippen LogP contribution in [0.1, 0.15) is 24.8 Å². The molecule has 1 aromatic rings. The molecule has 0 spiro atoms. The molecular weight excluding hydrogens is 276 g/mol. The lowest BCUT2D eigenvalue weighted by Crippen LogP contribution is -2.37. The number of rotatable bonds is 5. The zero-order valence-electron chi connectivity index (χ0n) is 11.3. The lowest BCUT2D eigenvalue weighted by atomic mass is 10.2. The van der Waals surface area contributed by atoms with Gasteiger partial charge < -0.3 is 5.11 Å². The molecule has 5 nitrogen and oxygen atoms in total. The SMILES string of the molecule is O=S(=O)(NC1CCN(C2CC2)C1)c1ccccc1CO. The standard InChI is InChI=1S/C14H20N2O3S/c17-10-11-3-1-2-4-14(11)20(18,19)15-12-7-8-16(9-12)13-5-6-13/h1-4,12-13,15,17H,5-10H2. The maximum Gasteiger partial charge on any atom is 0.241 e. The molecule has 1 heterocycles. The molecule has 0 bridgehead atoms. The number of aliphatic hydroxyl groups excluding tert-OH is 1. The van der Waals surface area contributed by atoms with Gasteiger partial charge in [-0.25, -0.2) is 13.1 Å². The van der Waals surface area contributed by atoms with Crippen molar-refractivity contribution in [1.82, 2.24) is 9.62 Å². The van der Waals surface area contributed by atoms with Crippen molar-refractivity contribution in [1.29, 1.82) is 0 Å². The van der Waals surface area contributed by atoms with Crippen LogP contribution >= 0.6 is 0 Å². The van der Waals surface area contributed by atoms with Gasteiger partial charge in [0.25, 0.3) is 0 Å². The number of likely N-dealkylation sites (tertiary alicyclic amines) is 1. The molecule has 20 heavy (non-hydrogen) atoms. The summed E-state index contributed by atoms with van der Waals surface area (Å²) in [6.07, 6.45) is 3.34. The number of benzene rings is 1. The number of nitrogens with zero attached hydrogens (tertiary/aromatic N) is 1. The predicted octanol–water partition coefficient (Wildman–Crippen LogP) is 0.694. The van der Waals surface area contributed by atoms with Crippen molar-refractivity contribution in [3.8, 4) is 0 Å². The molecule has 0 amide bonds. The third-order valence-corrected chi connectivity index (χ3v) is 5.66. The van der Waals surface area contributed by atoms with Gasteiger partial charge in [0.15, 0.2) is 0 Å². The minimum Gasteiger partial charge on any atom is -0.392 e. The molecule has 1 saturated heterocycles.